The molecule has 1 aliphatic rings. The fraction of sp³-hybridized carbons (Fsp3) is 0.556. The van der Waals surface area contributed by atoms with Crippen LogP contribution in [0.2, 0.25) is 0 Å². The van der Waals surface area contributed by atoms with Gasteiger partial charge in [0.25, 0.3) is 0 Å². The Bertz CT molecular complexity index is 582. The number of aliphatic imine (C=N–C) groups is 1. The first-order valence-corrected chi connectivity index (χ1v) is 8.54. The van der Waals surface area contributed by atoms with Gasteiger partial charge < -0.3 is 15.2 Å². The molecule has 3 N–H and O–H groups in total. The molecule has 0 aliphatic carbocycles. The van der Waals surface area contributed by atoms with Crippen molar-refractivity contribution in [3.8, 4) is 11.5 Å². The van der Waals surface area contributed by atoms with Gasteiger partial charge in [0.15, 0.2) is 17.3 Å². The highest BCUT2D eigenvalue weighted by molar-refractivity contribution is 6.21. The van der Waals surface area contributed by atoms with Crippen molar-refractivity contribution >= 4 is 11.7 Å². The molecule has 5 heteroatoms. The van der Waals surface area contributed by atoms with Crippen LogP contribution in [0.5, 0.6) is 11.5 Å². The number of nitrogens with zero attached hydrogens (tertiary/aromatic N) is 1. The Labute approximate surface area is 138 Å². The van der Waals surface area contributed by atoms with Crippen molar-refractivity contribution in [1.82, 2.24) is 0 Å². The van der Waals surface area contributed by atoms with Crippen LogP contribution in [0.15, 0.2) is 17.1 Å². The van der Waals surface area contributed by atoms with E-state index >= 15 is 0 Å². The Morgan fingerprint density at radius 1 is 0.913 bits per heavy atom. The van der Waals surface area contributed by atoms with Gasteiger partial charge >= 0.3 is 0 Å². The summed E-state index contributed by atoms with van der Waals surface area (Å²) >= 11 is 0. The quantitative estimate of drug-likeness (QED) is 0.643. The molecule has 0 unspecified atom stereocenters. The maximum absolute atomic E-state index is 7.90. The molecule has 0 saturated carbocycles. The van der Waals surface area contributed by atoms with E-state index in [1.165, 1.54) is 0 Å². The highest BCUT2D eigenvalue weighted by Crippen LogP contribution is 2.34. The third-order valence-electron chi connectivity index (χ3n) is 3.86. The van der Waals surface area contributed by atoms with Crippen LogP contribution in [0, 0.1) is 5.41 Å². The monoisotopic (exact) mass is 317 g/mol. The minimum atomic E-state index is 0.188. The number of rotatable bonds is 10. The third-order valence-corrected chi connectivity index (χ3v) is 3.86. The van der Waals surface area contributed by atoms with Gasteiger partial charge in [0.1, 0.15) is 5.84 Å². The molecule has 1 aliphatic heterocycles. The van der Waals surface area contributed by atoms with Gasteiger partial charge in [-0.15, -0.1) is 0 Å². The summed E-state index contributed by atoms with van der Waals surface area (Å²) in [5.41, 5.74) is 7.37. The number of amidine groups is 2. The maximum atomic E-state index is 7.90. The Morgan fingerprint density at radius 3 is 1.96 bits per heavy atom. The van der Waals surface area contributed by atoms with Gasteiger partial charge in [0, 0.05) is 11.1 Å². The molecular formula is C18H27N3O2. The van der Waals surface area contributed by atoms with Crippen LogP contribution >= 0.6 is 0 Å². The largest absolute Gasteiger partial charge is 0.490 e. The van der Waals surface area contributed by atoms with E-state index in [0.29, 0.717) is 36.1 Å². The van der Waals surface area contributed by atoms with E-state index in [9.17, 15) is 0 Å². The Morgan fingerprint density at radius 2 is 1.43 bits per heavy atom. The smallest absolute Gasteiger partial charge is 0.161 e. The van der Waals surface area contributed by atoms with E-state index in [1.54, 1.807) is 0 Å². The van der Waals surface area contributed by atoms with Gasteiger partial charge in [-0.3, -0.25) is 5.41 Å². The van der Waals surface area contributed by atoms with Gasteiger partial charge in [-0.2, -0.15) is 0 Å². The van der Waals surface area contributed by atoms with Crippen molar-refractivity contribution in [1.29, 1.82) is 5.41 Å². The Balaban J connectivity index is 2.13. The summed E-state index contributed by atoms with van der Waals surface area (Å²) in [6, 6.07) is 3.69. The highest BCUT2D eigenvalue weighted by Gasteiger charge is 2.22. The predicted octanol–water partition coefficient (Wildman–Crippen LogP) is 3.87. The normalized spacial score (nSPS) is 13.0. The molecule has 1 aromatic carbocycles. The van der Waals surface area contributed by atoms with Crippen molar-refractivity contribution in [2.75, 3.05) is 13.2 Å². The average Bonchev–Trinajstić information content (AvgIpc) is 2.82. The zero-order valence-corrected chi connectivity index (χ0v) is 14.2. The summed E-state index contributed by atoms with van der Waals surface area (Å²) in [5, 5.41) is 7.90. The van der Waals surface area contributed by atoms with Gasteiger partial charge in [0.2, 0.25) is 0 Å². The second-order valence-electron chi connectivity index (χ2n) is 5.80. The number of fused-ring (bicyclic) bond motifs is 1. The van der Waals surface area contributed by atoms with Crippen LogP contribution in [-0.4, -0.2) is 24.9 Å². The van der Waals surface area contributed by atoms with Gasteiger partial charge in [-0.05, 0) is 25.0 Å². The molecule has 0 fully saturated rings. The lowest BCUT2D eigenvalue weighted by atomic mass is 10.1. The summed E-state index contributed by atoms with van der Waals surface area (Å²) in [6.07, 6.45) is 6.63. The minimum absolute atomic E-state index is 0.188. The topological polar surface area (TPSA) is 80.7 Å². The Kier molecular flexibility index (Phi) is 6.44. The standard InChI is InChI=1S/C18H27N3O2/c1-3-5-7-9-22-15-11-13-14(18(20)21-17(13)19)12-16(15)23-10-8-6-4-2/h11-12H,3-10H2,1-2H3,(H3,19,20,21). The van der Waals surface area contributed by atoms with E-state index in [2.05, 4.69) is 18.8 Å². The van der Waals surface area contributed by atoms with E-state index in [0.717, 1.165) is 44.1 Å². The van der Waals surface area contributed by atoms with E-state index < -0.39 is 0 Å². The summed E-state index contributed by atoms with van der Waals surface area (Å²) in [4.78, 5) is 4.03. The van der Waals surface area contributed by atoms with Crippen molar-refractivity contribution in [2.45, 2.75) is 52.4 Å². The number of hydrogen-bond acceptors (Lipinski definition) is 4. The van der Waals surface area contributed by atoms with Crippen LogP contribution in [0.1, 0.15) is 63.5 Å². The van der Waals surface area contributed by atoms with Crippen molar-refractivity contribution < 1.29 is 9.47 Å². The minimum Gasteiger partial charge on any atom is -0.490 e. The fourth-order valence-electron chi connectivity index (χ4n) is 2.50. The van der Waals surface area contributed by atoms with Crippen LogP contribution < -0.4 is 15.2 Å². The number of nitrogens with one attached hydrogen (secondary N) is 1. The lowest BCUT2D eigenvalue weighted by Crippen LogP contribution is -2.11. The molecule has 1 heterocycles. The molecule has 0 saturated heterocycles. The van der Waals surface area contributed by atoms with Crippen molar-refractivity contribution in [3.63, 3.8) is 0 Å². The first kappa shape index (κ1) is 17.3. The third kappa shape index (κ3) is 4.47. The Hall–Kier alpha value is -2.04. The first-order chi connectivity index (χ1) is 11.2. The second kappa shape index (κ2) is 8.56. The van der Waals surface area contributed by atoms with E-state index in [1.807, 2.05) is 12.1 Å². The molecule has 0 atom stereocenters. The molecule has 126 valence electrons. The molecule has 0 bridgehead atoms. The molecule has 1 aromatic rings. The summed E-state index contributed by atoms with van der Waals surface area (Å²) in [5.74, 6) is 1.95. The number of unbranched alkanes of at least 4 members (excludes halogenated alkanes) is 4. The first-order valence-electron chi connectivity index (χ1n) is 8.54. The molecule has 0 amide bonds. The summed E-state index contributed by atoms with van der Waals surface area (Å²) in [6.45, 7) is 5.65. The van der Waals surface area contributed by atoms with Crippen LogP contribution in [0.3, 0.4) is 0 Å². The summed E-state index contributed by atoms with van der Waals surface area (Å²) < 4.78 is 11.8. The zero-order valence-electron chi connectivity index (χ0n) is 14.2. The van der Waals surface area contributed by atoms with Crippen molar-refractivity contribution in [2.24, 2.45) is 10.7 Å². The summed E-state index contributed by atoms with van der Waals surface area (Å²) in [7, 11) is 0. The number of benzene rings is 1. The lowest BCUT2D eigenvalue weighted by Gasteiger charge is -2.15. The van der Waals surface area contributed by atoms with Crippen LogP contribution in [0.4, 0.5) is 0 Å². The molecule has 2 rings (SSSR count). The molecule has 0 spiro atoms. The van der Waals surface area contributed by atoms with Gasteiger partial charge in [-0.1, -0.05) is 39.5 Å². The predicted molar refractivity (Wildman–Crippen MR) is 94.0 cm³/mol. The van der Waals surface area contributed by atoms with Crippen molar-refractivity contribution in [3.05, 3.63) is 23.3 Å². The lowest BCUT2D eigenvalue weighted by molar-refractivity contribution is 0.259. The van der Waals surface area contributed by atoms with E-state index in [-0.39, 0.29) is 5.84 Å². The molecule has 5 nitrogen and oxygen atoms in total. The van der Waals surface area contributed by atoms with E-state index in [4.69, 9.17) is 20.6 Å². The number of ether oxygens (including phenoxy) is 2. The van der Waals surface area contributed by atoms with Gasteiger partial charge in [0.05, 0.1) is 13.2 Å². The van der Waals surface area contributed by atoms with Crippen LogP contribution in [0.25, 0.3) is 0 Å². The molecule has 0 aromatic heterocycles. The van der Waals surface area contributed by atoms with Gasteiger partial charge in [-0.25, -0.2) is 4.99 Å². The van der Waals surface area contributed by atoms with Crippen LogP contribution in [-0.2, 0) is 0 Å². The molecule has 0 radical (unpaired) electrons. The zero-order chi connectivity index (χ0) is 16.7. The average molecular weight is 317 g/mol. The number of hydrogen-bond donors (Lipinski definition) is 2. The molecule has 23 heavy (non-hydrogen) atoms. The fourth-order valence-corrected chi connectivity index (χ4v) is 2.50. The second-order valence-corrected chi connectivity index (χ2v) is 5.80. The highest BCUT2D eigenvalue weighted by atomic mass is 16.5. The molecular weight excluding hydrogens is 290 g/mol. The maximum Gasteiger partial charge on any atom is 0.161 e. The SMILES string of the molecule is CCCCCOc1cc2c(cc1OCCCCC)C(N)=NC2=N. The number of nitrogens with two attached hydrogens (primary N) is 1.